The van der Waals surface area contributed by atoms with Gasteiger partial charge in [-0.1, -0.05) is 30.8 Å². The number of carbonyl (C=O) groups is 1. The molecule has 0 unspecified atom stereocenters. The van der Waals surface area contributed by atoms with Crippen LogP contribution in [0.15, 0.2) is 57.5 Å². The van der Waals surface area contributed by atoms with Gasteiger partial charge in [0.15, 0.2) is 11.5 Å². The summed E-state index contributed by atoms with van der Waals surface area (Å²) in [5, 5.41) is 15.7. The molecule has 0 atom stereocenters. The summed E-state index contributed by atoms with van der Waals surface area (Å²) in [6, 6.07) is 11.6. The van der Waals surface area contributed by atoms with Crippen molar-refractivity contribution in [1.29, 1.82) is 0 Å². The molecule has 160 valence electrons. The number of nitrogens with two attached hydrogens (primary N) is 1. The van der Waals surface area contributed by atoms with Crippen LogP contribution in [0.3, 0.4) is 0 Å². The van der Waals surface area contributed by atoms with Gasteiger partial charge in [-0.05, 0) is 24.3 Å². The van der Waals surface area contributed by atoms with Crippen LogP contribution in [0, 0.1) is 11.6 Å². The molecule has 10 heteroatoms. The fourth-order valence-electron chi connectivity index (χ4n) is 2.76. The van der Waals surface area contributed by atoms with Crippen LogP contribution in [0.5, 0.6) is 0 Å². The minimum Gasteiger partial charge on any atom is -0.419 e. The number of rotatable bonds is 6. The quantitative estimate of drug-likeness (QED) is 0.419. The van der Waals surface area contributed by atoms with E-state index in [-0.39, 0.29) is 25.6 Å². The molecule has 4 rings (SSSR count). The maximum Gasteiger partial charge on any atom is 0.273 e. The highest BCUT2D eigenvalue weighted by Crippen LogP contribution is 2.31. The molecule has 0 spiro atoms. The number of amides is 1. The molecule has 0 saturated carbocycles. The number of hydrogen-bond donors (Lipinski definition) is 3. The van der Waals surface area contributed by atoms with E-state index in [0.29, 0.717) is 22.7 Å². The van der Waals surface area contributed by atoms with Gasteiger partial charge in [0.25, 0.3) is 5.91 Å². The van der Waals surface area contributed by atoms with Gasteiger partial charge in [0.05, 0.1) is 0 Å². The summed E-state index contributed by atoms with van der Waals surface area (Å²) in [4.78, 5) is 15.6. The van der Waals surface area contributed by atoms with E-state index in [1.54, 1.807) is 30.3 Å². The minimum absolute atomic E-state index is 0. The van der Waals surface area contributed by atoms with Crippen molar-refractivity contribution in [2.24, 2.45) is 5.73 Å². The van der Waals surface area contributed by atoms with Crippen molar-refractivity contribution in [3.8, 4) is 22.7 Å². The Morgan fingerprint density at radius 2 is 1.81 bits per heavy atom. The molecule has 0 aliphatic heterocycles. The normalized spacial score (nSPS) is 10.5. The monoisotopic (exact) mass is 428 g/mol. The first-order valence-electron chi connectivity index (χ1n) is 8.65. The molecule has 4 aromatic rings. The fourth-order valence-corrected chi connectivity index (χ4v) is 2.76. The second-order valence-corrected chi connectivity index (χ2v) is 6.20. The molecule has 8 nitrogen and oxygen atoms in total. The van der Waals surface area contributed by atoms with Crippen LogP contribution < -0.4 is 11.1 Å². The second-order valence-electron chi connectivity index (χ2n) is 6.20. The predicted molar refractivity (Wildman–Crippen MR) is 108 cm³/mol. The maximum absolute atomic E-state index is 14.0. The molecule has 0 aliphatic rings. The van der Waals surface area contributed by atoms with Crippen molar-refractivity contribution in [2.45, 2.75) is 14.0 Å². The molecule has 0 radical (unpaired) electrons. The zero-order chi connectivity index (χ0) is 21.3. The largest absolute Gasteiger partial charge is 0.419 e. The number of aromatic nitrogens is 2. The van der Waals surface area contributed by atoms with E-state index in [0.717, 1.165) is 12.1 Å². The lowest BCUT2D eigenvalue weighted by Gasteiger charge is -2.05. The number of benzene rings is 2. The van der Waals surface area contributed by atoms with E-state index < -0.39 is 29.0 Å². The van der Waals surface area contributed by atoms with Gasteiger partial charge < -0.3 is 25.1 Å². The van der Waals surface area contributed by atoms with Crippen LogP contribution in [0.2, 0.25) is 0 Å². The van der Waals surface area contributed by atoms with Gasteiger partial charge in [-0.3, -0.25) is 4.79 Å². The van der Waals surface area contributed by atoms with Gasteiger partial charge in [-0.2, -0.15) is 0 Å². The number of hydrogen-bond acceptors (Lipinski definition) is 7. The smallest absolute Gasteiger partial charge is 0.273 e. The number of primary amides is 1. The van der Waals surface area contributed by atoms with Gasteiger partial charge in [0.2, 0.25) is 11.8 Å². The average molecular weight is 428 g/mol. The first-order chi connectivity index (χ1) is 14.5. The Hall–Kier alpha value is -4.05. The third kappa shape index (κ3) is 4.28. The highest BCUT2D eigenvalue weighted by molar-refractivity contribution is 5.96. The SMILES string of the molecule is C.NC(=O)c1nc(-c2c(F)cccc2F)oc1Nc1ccc(-c2cc(CO)on2)cc1. The lowest BCUT2D eigenvalue weighted by molar-refractivity contribution is 0.0996. The van der Waals surface area contributed by atoms with Crippen LogP contribution in [0.4, 0.5) is 20.4 Å². The number of nitrogens with one attached hydrogen (secondary N) is 1. The molecule has 2 heterocycles. The molecule has 2 aromatic heterocycles. The summed E-state index contributed by atoms with van der Waals surface area (Å²) in [5.74, 6) is -2.96. The van der Waals surface area contributed by atoms with E-state index >= 15 is 0 Å². The van der Waals surface area contributed by atoms with Gasteiger partial charge in [-0.15, -0.1) is 0 Å². The molecule has 1 amide bonds. The average Bonchev–Trinajstić information content (AvgIpc) is 3.36. The van der Waals surface area contributed by atoms with Crippen molar-refractivity contribution in [2.75, 3.05) is 5.32 Å². The van der Waals surface area contributed by atoms with Gasteiger partial charge >= 0.3 is 0 Å². The van der Waals surface area contributed by atoms with Crippen molar-refractivity contribution < 1.29 is 27.6 Å². The summed E-state index contributed by atoms with van der Waals surface area (Å²) in [6.45, 7) is -0.265. The first kappa shape index (κ1) is 21.7. The Balaban J connectivity index is 0.00000272. The number of aliphatic hydroxyl groups excluding tert-OH is 1. The highest BCUT2D eigenvalue weighted by atomic mass is 19.1. The minimum atomic E-state index is -0.931. The van der Waals surface area contributed by atoms with E-state index in [1.165, 1.54) is 6.07 Å². The topological polar surface area (TPSA) is 127 Å². The number of anilines is 2. The summed E-state index contributed by atoms with van der Waals surface area (Å²) in [6.07, 6.45) is 0. The summed E-state index contributed by atoms with van der Waals surface area (Å²) in [7, 11) is 0. The molecule has 2 aromatic carbocycles. The lowest BCUT2D eigenvalue weighted by Crippen LogP contribution is -2.13. The van der Waals surface area contributed by atoms with Crippen molar-refractivity contribution in [3.63, 3.8) is 0 Å². The molecule has 31 heavy (non-hydrogen) atoms. The van der Waals surface area contributed by atoms with E-state index in [1.807, 2.05) is 0 Å². The number of carbonyl (C=O) groups excluding carboxylic acids is 1. The Labute approximate surface area is 175 Å². The van der Waals surface area contributed by atoms with Crippen LogP contribution in [-0.4, -0.2) is 21.2 Å². The van der Waals surface area contributed by atoms with Crippen LogP contribution in [0.25, 0.3) is 22.7 Å². The van der Waals surface area contributed by atoms with Crippen LogP contribution >= 0.6 is 0 Å². The van der Waals surface area contributed by atoms with Crippen LogP contribution in [-0.2, 0) is 6.61 Å². The second kappa shape index (κ2) is 8.76. The van der Waals surface area contributed by atoms with E-state index in [4.69, 9.17) is 19.8 Å². The number of aliphatic hydroxyl groups is 1. The predicted octanol–water partition coefficient (Wildman–Crippen LogP) is 4.25. The molecular weight excluding hydrogens is 410 g/mol. The van der Waals surface area contributed by atoms with Crippen molar-refractivity contribution in [1.82, 2.24) is 10.1 Å². The van der Waals surface area contributed by atoms with Gasteiger partial charge in [0.1, 0.15) is 29.5 Å². The fraction of sp³-hybridized carbons (Fsp3) is 0.0952. The molecule has 0 bridgehead atoms. The van der Waals surface area contributed by atoms with Crippen molar-refractivity contribution in [3.05, 3.63) is 71.6 Å². The Morgan fingerprint density at radius 3 is 2.39 bits per heavy atom. The summed E-state index contributed by atoms with van der Waals surface area (Å²) >= 11 is 0. The summed E-state index contributed by atoms with van der Waals surface area (Å²) < 4.78 is 38.4. The zero-order valence-corrected chi connectivity index (χ0v) is 15.2. The molecule has 0 fully saturated rings. The molecule has 0 saturated heterocycles. The first-order valence-corrected chi connectivity index (χ1v) is 8.65. The van der Waals surface area contributed by atoms with E-state index in [2.05, 4.69) is 15.5 Å². The number of oxazole rings is 1. The van der Waals surface area contributed by atoms with Gasteiger partial charge in [0, 0.05) is 17.3 Å². The Morgan fingerprint density at radius 1 is 1.13 bits per heavy atom. The maximum atomic E-state index is 14.0. The van der Waals surface area contributed by atoms with E-state index in [9.17, 15) is 13.6 Å². The highest BCUT2D eigenvalue weighted by Gasteiger charge is 2.23. The number of halogens is 2. The lowest BCUT2D eigenvalue weighted by atomic mass is 10.1. The zero-order valence-electron chi connectivity index (χ0n) is 15.2. The molecular formula is C21H18F2N4O4. The number of nitrogens with zero attached hydrogens (tertiary/aromatic N) is 2. The molecule has 0 aliphatic carbocycles. The van der Waals surface area contributed by atoms with Crippen LogP contribution in [0.1, 0.15) is 23.7 Å². The third-order valence-electron chi connectivity index (χ3n) is 4.19. The molecule has 4 N–H and O–H groups in total. The van der Waals surface area contributed by atoms with Gasteiger partial charge in [-0.25, -0.2) is 13.8 Å². The summed E-state index contributed by atoms with van der Waals surface area (Å²) in [5.41, 5.74) is 6.24. The standard InChI is InChI=1S/C20H14F2N4O4.CH4/c21-13-2-1-3-14(22)16(13)19-25-17(18(23)28)20(29-19)24-11-6-4-10(5-7-11)15-8-12(9-27)30-26-15;/h1-8,24,27H,9H2,(H2,23,28);1H4. The van der Waals surface area contributed by atoms with Crippen molar-refractivity contribution >= 4 is 17.5 Å². The Kier molecular flexibility index (Phi) is 6.12. The third-order valence-corrected chi connectivity index (χ3v) is 4.19. The Bertz CT molecular complexity index is 1200.